The summed E-state index contributed by atoms with van der Waals surface area (Å²) < 4.78 is 10.8. The molecular weight excluding hydrogens is 204 g/mol. The Hall–Kier alpha value is -1.06. The molecule has 1 aromatic carbocycles. The van der Waals surface area contributed by atoms with Crippen LogP contribution in [0.25, 0.3) is 0 Å². The van der Waals surface area contributed by atoms with Gasteiger partial charge in [-0.05, 0) is 23.3 Å². The molecule has 0 amide bonds. The third-order valence-electron chi connectivity index (χ3n) is 3.55. The molecular formula is C13H16O3. The van der Waals surface area contributed by atoms with Crippen LogP contribution in [0.4, 0.5) is 0 Å². The zero-order valence-electron chi connectivity index (χ0n) is 9.24. The third-order valence-corrected chi connectivity index (χ3v) is 3.55. The van der Waals surface area contributed by atoms with E-state index >= 15 is 0 Å². The Morgan fingerprint density at radius 2 is 1.94 bits per heavy atom. The first kappa shape index (κ1) is 10.1. The van der Waals surface area contributed by atoms with E-state index in [0.29, 0.717) is 26.1 Å². The smallest absolute Gasteiger partial charge is 0.122 e. The molecule has 2 aliphatic rings. The second-order valence-corrected chi connectivity index (χ2v) is 4.56. The normalized spacial score (nSPS) is 22.6. The van der Waals surface area contributed by atoms with Crippen LogP contribution in [0.3, 0.4) is 0 Å². The molecule has 1 fully saturated rings. The number of rotatable bonds is 1. The number of ether oxygens (including phenoxy) is 2. The monoisotopic (exact) mass is 220 g/mol. The van der Waals surface area contributed by atoms with Crippen LogP contribution in [0.15, 0.2) is 18.2 Å². The molecule has 1 saturated heterocycles. The Morgan fingerprint density at radius 1 is 1.12 bits per heavy atom. The van der Waals surface area contributed by atoms with Crippen molar-refractivity contribution >= 4 is 0 Å². The molecule has 0 saturated carbocycles. The molecule has 86 valence electrons. The van der Waals surface area contributed by atoms with E-state index in [1.165, 1.54) is 5.56 Å². The fourth-order valence-electron chi connectivity index (χ4n) is 2.47. The lowest BCUT2D eigenvalue weighted by atomic mass is 9.85. The maximum absolute atomic E-state index is 10.6. The van der Waals surface area contributed by atoms with Gasteiger partial charge in [-0.25, -0.2) is 0 Å². The van der Waals surface area contributed by atoms with Crippen molar-refractivity contribution in [3.05, 3.63) is 29.3 Å². The van der Waals surface area contributed by atoms with E-state index in [1.807, 2.05) is 12.1 Å². The predicted octanol–water partition coefficient (Wildman–Crippen LogP) is 1.62. The lowest BCUT2D eigenvalue weighted by Gasteiger charge is -2.32. The highest BCUT2D eigenvalue weighted by molar-refractivity contribution is 5.41. The van der Waals surface area contributed by atoms with Crippen molar-refractivity contribution in [1.29, 1.82) is 0 Å². The Morgan fingerprint density at radius 3 is 2.75 bits per heavy atom. The number of benzene rings is 1. The standard InChI is InChI=1S/C13H16O3/c14-13(4-7-15-8-5-13)11-1-2-12-10(9-11)3-6-16-12/h1-2,9,14H,3-8H2. The van der Waals surface area contributed by atoms with E-state index in [2.05, 4.69) is 6.07 Å². The van der Waals surface area contributed by atoms with E-state index < -0.39 is 5.60 Å². The van der Waals surface area contributed by atoms with Crippen LogP contribution >= 0.6 is 0 Å². The van der Waals surface area contributed by atoms with E-state index in [0.717, 1.165) is 24.3 Å². The van der Waals surface area contributed by atoms with Gasteiger partial charge >= 0.3 is 0 Å². The van der Waals surface area contributed by atoms with Gasteiger partial charge in [-0.1, -0.05) is 6.07 Å². The van der Waals surface area contributed by atoms with Crippen LogP contribution in [-0.2, 0) is 16.8 Å². The number of fused-ring (bicyclic) bond motifs is 1. The van der Waals surface area contributed by atoms with Gasteiger partial charge < -0.3 is 14.6 Å². The van der Waals surface area contributed by atoms with Crippen LogP contribution in [0.2, 0.25) is 0 Å². The van der Waals surface area contributed by atoms with Crippen molar-refractivity contribution in [2.45, 2.75) is 24.9 Å². The van der Waals surface area contributed by atoms with Gasteiger partial charge in [-0.15, -0.1) is 0 Å². The third kappa shape index (κ3) is 1.60. The average molecular weight is 220 g/mol. The van der Waals surface area contributed by atoms with Crippen LogP contribution in [0.5, 0.6) is 5.75 Å². The van der Waals surface area contributed by atoms with Crippen molar-refractivity contribution in [3.63, 3.8) is 0 Å². The van der Waals surface area contributed by atoms with Crippen molar-refractivity contribution in [2.75, 3.05) is 19.8 Å². The number of hydrogen-bond donors (Lipinski definition) is 1. The highest BCUT2D eigenvalue weighted by Gasteiger charge is 2.32. The number of hydrogen-bond acceptors (Lipinski definition) is 3. The zero-order chi connectivity index (χ0) is 11.0. The minimum atomic E-state index is -0.699. The topological polar surface area (TPSA) is 38.7 Å². The van der Waals surface area contributed by atoms with Gasteiger partial charge in [0.05, 0.1) is 12.2 Å². The van der Waals surface area contributed by atoms with Crippen LogP contribution in [0.1, 0.15) is 24.0 Å². The molecule has 0 spiro atoms. The summed E-state index contributed by atoms with van der Waals surface area (Å²) in [6.45, 7) is 2.05. The average Bonchev–Trinajstić information content (AvgIpc) is 2.77. The minimum Gasteiger partial charge on any atom is -0.493 e. The fourth-order valence-corrected chi connectivity index (χ4v) is 2.47. The van der Waals surface area contributed by atoms with Crippen molar-refractivity contribution in [3.8, 4) is 5.75 Å². The van der Waals surface area contributed by atoms with Gasteiger partial charge in [0.25, 0.3) is 0 Å². The first-order valence-corrected chi connectivity index (χ1v) is 5.84. The fraction of sp³-hybridized carbons (Fsp3) is 0.538. The quantitative estimate of drug-likeness (QED) is 0.781. The van der Waals surface area contributed by atoms with Crippen molar-refractivity contribution in [1.82, 2.24) is 0 Å². The van der Waals surface area contributed by atoms with Gasteiger partial charge in [0.2, 0.25) is 0 Å². The SMILES string of the molecule is OC1(c2ccc3c(c2)CCO3)CCOCC1. The Balaban J connectivity index is 1.93. The van der Waals surface area contributed by atoms with Gasteiger partial charge in [0.15, 0.2) is 0 Å². The second kappa shape index (κ2) is 3.75. The lowest BCUT2D eigenvalue weighted by Crippen LogP contribution is -2.33. The van der Waals surface area contributed by atoms with Gasteiger partial charge in [0.1, 0.15) is 5.75 Å². The molecule has 0 aliphatic carbocycles. The summed E-state index contributed by atoms with van der Waals surface area (Å²) in [5.74, 6) is 0.972. The largest absolute Gasteiger partial charge is 0.493 e. The van der Waals surface area contributed by atoms with Gasteiger partial charge in [-0.3, -0.25) is 0 Å². The predicted molar refractivity (Wildman–Crippen MR) is 59.6 cm³/mol. The lowest BCUT2D eigenvalue weighted by molar-refractivity contribution is -0.0679. The van der Waals surface area contributed by atoms with Crippen LogP contribution in [0, 0.1) is 0 Å². The molecule has 0 radical (unpaired) electrons. The molecule has 0 atom stereocenters. The van der Waals surface area contributed by atoms with Crippen molar-refractivity contribution in [2.24, 2.45) is 0 Å². The molecule has 16 heavy (non-hydrogen) atoms. The molecule has 3 rings (SSSR count). The molecule has 2 heterocycles. The summed E-state index contributed by atoms with van der Waals surface area (Å²) in [6.07, 6.45) is 2.33. The molecule has 3 heteroatoms. The summed E-state index contributed by atoms with van der Waals surface area (Å²) >= 11 is 0. The zero-order valence-corrected chi connectivity index (χ0v) is 9.24. The molecule has 0 bridgehead atoms. The summed E-state index contributed by atoms with van der Waals surface area (Å²) in [7, 11) is 0. The van der Waals surface area contributed by atoms with E-state index in [4.69, 9.17) is 9.47 Å². The highest BCUT2D eigenvalue weighted by atomic mass is 16.5. The summed E-state index contributed by atoms with van der Waals surface area (Å²) in [4.78, 5) is 0. The highest BCUT2D eigenvalue weighted by Crippen LogP contribution is 2.35. The molecule has 0 unspecified atom stereocenters. The van der Waals surface area contributed by atoms with Gasteiger partial charge in [-0.2, -0.15) is 0 Å². The summed E-state index contributed by atoms with van der Waals surface area (Å²) in [6, 6.07) is 6.05. The minimum absolute atomic E-state index is 0.643. The van der Waals surface area contributed by atoms with Crippen molar-refractivity contribution < 1.29 is 14.6 Å². The van der Waals surface area contributed by atoms with E-state index in [9.17, 15) is 5.11 Å². The molecule has 1 aromatic rings. The summed E-state index contributed by atoms with van der Waals surface area (Å²) in [5.41, 5.74) is 1.54. The second-order valence-electron chi connectivity index (χ2n) is 4.56. The molecule has 0 aromatic heterocycles. The van der Waals surface area contributed by atoms with E-state index in [-0.39, 0.29) is 0 Å². The molecule has 1 N–H and O–H groups in total. The Kier molecular flexibility index (Phi) is 2.37. The summed E-state index contributed by atoms with van der Waals surface area (Å²) in [5, 5.41) is 10.6. The Bertz CT molecular complexity index is 394. The van der Waals surface area contributed by atoms with Crippen LogP contribution in [-0.4, -0.2) is 24.9 Å². The molecule has 3 nitrogen and oxygen atoms in total. The first-order chi connectivity index (χ1) is 7.78. The van der Waals surface area contributed by atoms with Crippen LogP contribution < -0.4 is 4.74 Å². The maximum Gasteiger partial charge on any atom is 0.122 e. The van der Waals surface area contributed by atoms with E-state index in [1.54, 1.807) is 0 Å². The van der Waals surface area contributed by atoms with Gasteiger partial charge in [0, 0.05) is 32.5 Å². The maximum atomic E-state index is 10.6. The Labute approximate surface area is 95.0 Å². The molecule has 2 aliphatic heterocycles. The first-order valence-electron chi connectivity index (χ1n) is 5.84. The number of aliphatic hydroxyl groups is 1.